The van der Waals surface area contributed by atoms with Gasteiger partial charge >= 0.3 is 5.97 Å². The van der Waals surface area contributed by atoms with Crippen molar-refractivity contribution in [2.45, 2.75) is 19.6 Å². The molecule has 16 heavy (non-hydrogen) atoms. The Hall–Kier alpha value is -1.30. The summed E-state index contributed by atoms with van der Waals surface area (Å²) in [4.78, 5) is 18.4. The minimum Gasteiger partial charge on any atom is -0.478 e. The van der Waals surface area contributed by atoms with Gasteiger partial charge in [0, 0.05) is 22.7 Å². The minimum absolute atomic E-state index is 0.0274. The molecule has 0 aliphatic carbocycles. The first-order valence-corrected chi connectivity index (χ1v) is 6.36. The predicted octanol–water partition coefficient (Wildman–Crippen LogP) is 1.08. The first kappa shape index (κ1) is 12.8. The molecule has 0 radical (unpaired) electrons. The summed E-state index contributed by atoms with van der Waals surface area (Å²) in [6.07, 6.45) is 2.51. The van der Waals surface area contributed by atoms with Crippen molar-refractivity contribution in [2.24, 2.45) is 5.92 Å². The van der Waals surface area contributed by atoms with E-state index >= 15 is 0 Å². The second-order valence-corrected chi connectivity index (χ2v) is 5.33. The molecule has 0 spiro atoms. The summed E-state index contributed by atoms with van der Waals surface area (Å²) < 4.78 is 11.7. The van der Waals surface area contributed by atoms with E-state index in [1.165, 1.54) is 12.5 Å². The third kappa shape index (κ3) is 3.69. The van der Waals surface area contributed by atoms with Crippen LogP contribution in [0.5, 0.6) is 0 Å². The second-order valence-electron chi connectivity index (χ2n) is 3.83. The molecular formula is C10H14N2O3S. The lowest BCUT2D eigenvalue weighted by molar-refractivity contribution is 0.0695. The van der Waals surface area contributed by atoms with Crippen LogP contribution in [0.3, 0.4) is 0 Å². The van der Waals surface area contributed by atoms with Crippen molar-refractivity contribution in [1.82, 2.24) is 9.97 Å². The molecule has 88 valence electrons. The summed E-state index contributed by atoms with van der Waals surface area (Å²) in [6.45, 7) is 3.94. The van der Waals surface area contributed by atoms with Gasteiger partial charge in [0.05, 0.1) is 11.4 Å². The molecule has 0 saturated carbocycles. The highest BCUT2D eigenvalue weighted by molar-refractivity contribution is 7.84. The van der Waals surface area contributed by atoms with Crippen LogP contribution >= 0.6 is 0 Å². The van der Waals surface area contributed by atoms with Crippen molar-refractivity contribution >= 4 is 16.8 Å². The van der Waals surface area contributed by atoms with Crippen molar-refractivity contribution < 1.29 is 14.1 Å². The number of aromatic nitrogens is 2. The number of rotatable bonds is 5. The molecule has 1 unspecified atom stereocenters. The quantitative estimate of drug-likeness (QED) is 0.835. The number of carboxylic acids is 1. The molecule has 6 heteroatoms. The summed E-state index contributed by atoms with van der Waals surface area (Å²) in [5, 5.41) is 8.88. The summed E-state index contributed by atoms with van der Waals surface area (Å²) in [7, 11) is -1.08. The molecule has 0 aromatic carbocycles. The van der Waals surface area contributed by atoms with E-state index in [0.717, 1.165) is 0 Å². The number of carboxylic acid groups (broad SMARTS) is 1. The smallest absolute Gasteiger partial charge is 0.339 e. The second kappa shape index (κ2) is 5.69. The summed E-state index contributed by atoms with van der Waals surface area (Å²) in [5.41, 5.74) is 0.362. The average molecular weight is 242 g/mol. The molecule has 1 rings (SSSR count). The molecule has 5 nitrogen and oxygen atoms in total. The summed E-state index contributed by atoms with van der Waals surface area (Å²) in [5.74, 6) is -0.0566. The molecule has 0 saturated heterocycles. The van der Waals surface area contributed by atoms with Crippen LogP contribution in [-0.2, 0) is 16.6 Å². The molecule has 1 aromatic rings. The van der Waals surface area contributed by atoms with Crippen molar-refractivity contribution in [3.8, 4) is 0 Å². The SMILES string of the molecule is CC(C)CS(=O)Cc1ncncc1C(=O)O. The van der Waals surface area contributed by atoms with E-state index in [0.29, 0.717) is 17.4 Å². The molecule has 1 heterocycles. The highest BCUT2D eigenvalue weighted by Gasteiger charge is 2.14. The Morgan fingerprint density at radius 1 is 1.56 bits per heavy atom. The molecule has 0 fully saturated rings. The van der Waals surface area contributed by atoms with Crippen molar-refractivity contribution in [3.63, 3.8) is 0 Å². The van der Waals surface area contributed by atoms with Gasteiger partial charge in [-0.1, -0.05) is 13.8 Å². The molecule has 0 bridgehead atoms. The van der Waals surface area contributed by atoms with E-state index in [9.17, 15) is 9.00 Å². The first-order valence-electron chi connectivity index (χ1n) is 4.88. The molecular weight excluding hydrogens is 228 g/mol. The average Bonchev–Trinajstić information content (AvgIpc) is 2.16. The summed E-state index contributed by atoms with van der Waals surface area (Å²) in [6, 6.07) is 0. The zero-order valence-corrected chi connectivity index (χ0v) is 10.0. The van der Waals surface area contributed by atoms with Crippen LogP contribution in [0.2, 0.25) is 0 Å². The van der Waals surface area contributed by atoms with Gasteiger partial charge in [-0.2, -0.15) is 0 Å². The van der Waals surface area contributed by atoms with E-state index in [-0.39, 0.29) is 11.3 Å². The van der Waals surface area contributed by atoms with E-state index in [1.54, 1.807) is 0 Å². The van der Waals surface area contributed by atoms with Gasteiger partial charge in [0.25, 0.3) is 0 Å². The molecule has 0 aliphatic heterocycles. The van der Waals surface area contributed by atoms with Gasteiger partial charge in [-0.25, -0.2) is 14.8 Å². The fourth-order valence-electron chi connectivity index (χ4n) is 1.23. The van der Waals surface area contributed by atoms with Crippen LogP contribution in [0, 0.1) is 5.92 Å². The highest BCUT2D eigenvalue weighted by Crippen LogP contribution is 2.08. The Balaban J connectivity index is 2.81. The highest BCUT2D eigenvalue weighted by atomic mass is 32.2. The minimum atomic E-state index is -1.09. The fraction of sp³-hybridized carbons (Fsp3) is 0.500. The standard InChI is InChI=1S/C10H14N2O3S/c1-7(2)4-16(15)5-9-8(10(13)14)3-11-6-12-9/h3,6-7H,4-5H2,1-2H3,(H,13,14). The molecule has 1 aromatic heterocycles. The lowest BCUT2D eigenvalue weighted by Crippen LogP contribution is -2.12. The molecule has 1 atom stereocenters. The Kier molecular flexibility index (Phi) is 4.54. The zero-order valence-electron chi connectivity index (χ0n) is 9.21. The lowest BCUT2D eigenvalue weighted by Gasteiger charge is -2.06. The van der Waals surface area contributed by atoms with Crippen molar-refractivity contribution in [2.75, 3.05) is 5.75 Å². The monoisotopic (exact) mass is 242 g/mol. The maximum atomic E-state index is 11.7. The normalized spacial score (nSPS) is 12.7. The third-order valence-corrected chi connectivity index (χ3v) is 3.48. The maximum Gasteiger partial charge on any atom is 0.339 e. The van der Waals surface area contributed by atoms with Crippen LogP contribution in [0.25, 0.3) is 0 Å². The van der Waals surface area contributed by atoms with E-state index in [4.69, 9.17) is 5.11 Å². The van der Waals surface area contributed by atoms with Gasteiger partial charge < -0.3 is 5.11 Å². The van der Waals surface area contributed by atoms with Crippen molar-refractivity contribution in [1.29, 1.82) is 0 Å². The number of hydrogen-bond donors (Lipinski definition) is 1. The topological polar surface area (TPSA) is 80.2 Å². The van der Waals surface area contributed by atoms with Gasteiger partial charge in [0.15, 0.2) is 0 Å². The van der Waals surface area contributed by atoms with Gasteiger partial charge in [0.2, 0.25) is 0 Å². The van der Waals surface area contributed by atoms with Crippen LogP contribution in [0.4, 0.5) is 0 Å². The van der Waals surface area contributed by atoms with E-state index in [2.05, 4.69) is 9.97 Å². The number of aromatic carboxylic acids is 1. The third-order valence-electron chi connectivity index (χ3n) is 1.84. The largest absolute Gasteiger partial charge is 0.478 e. The predicted molar refractivity (Wildman–Crippen MR) is 60.5 cm³/mol. The van der Waals surface area contributed by atoms with Crippen LogP contribution in [0.1, 0.15) is 29.9 Å². The van der Waals surface area contributed by atoms with Gasteiger partial charge in [-0.3, -0.25) is 4.21 Å². The van der Waals surface area contributed by atoms with Crippen LogP contribution in [-0.4, -0.2) is 31.0 Å². The maximum absolute atomic E-state index is 11.7. The Bertz CT molecular complexity index is 407. The molecule has 0 amide bonds. The van der Waals surface area contributed by atoms with Gasteiger partial charge in [-0.15, -0.1) is 0 Å². The number of nitrogens with zero attached hydrogens (tertiary/aromatic N) is 2. The number of carbonyl (C=O) groups is 1. The molecule has 1 N–H and O–H groups in total. The van der Waals surface area contributed by atoms with Crippen LogP contribution in [0.15, 0.2) is 12.5 Å². The fourth-order valence-corrected chi connectivity index (χ4v) is 2.63. The van der Waals surface area contributed by atoms with E-state index in [1.807, 2.05) is 13.8 Å². The van der Waals surface area contributed by atoms with E-state index < -0.39 is 16.8 Å². The van der Waals surface area contributed by atoms with Crippen LogP contribution < -0.4 is 0 Å². The molecule has 0 aliphatic rings. The number of hydrogen-bond acceptors (Lipinski definition) is 4. The first-order chi connectivity index (χ1) is 7.50. The Morgan fingerprint density at radius 3 is 2.81 bits per heavy atom. The van der Waals surface area contributed by atoms with Gasteiger partial charge in [-0.05, 0) is 5.92 Å². The van der Waals surface area contributed by atoms with Gasteiger partial charge in [0.1, 0.15) is 11.9 Å². The zero-order chi connectivity index (χ0) is 12.1. The lowest BCUT2D eigenvalue weighted by atomic mass is 10.2. The van der Waals surface area contributed by atoms with Crippen molar-refractivity contribution in [3.05, 3.63) is 23.8 Å². The Morgan fingerprint density at radius 2 is 2.25 bits per heavy atom. The Labute approximate surface area is 96.4 Å². The summed E-state index contributed by atoms with van der Waals surface area (Å²) >= 11 is 0.